The van der Waals surface area contributed by atoms with Gasteiger partial charge in [-0.05, 0) is 31.5 Å². The average molecular weight is 387 g/mol. The molecule has 2 aliphatic heterocycles. The molecule has 0 unspecified atom stereocenters. The Morgan fingerprint density at radius 3 is 2.70 bits per heavy atom. The van der Waals surface area contributed by atoms with Gasteiger partial charge in [0.25, 0.3) is 5.91 Å². The fraction of sp³-hybridized carbons (Fsp3) is 0.421. The lowest BCUT2D eigenvalue weighted by atomic mass is 9.83. The van der Waals surface area contributed by atoms with Crippen LogP contribution in [-0.4, -0.2) is 59.4 Å². The number of carbonyl (C=O) groups is 1. The zero-order valence-electron chi connectivity index (χ0n) is 15.0. The van der Waals surface area contributed by atoms with E-state index in [9.17, 15) is 13.2 Å². The monoisotopic (exact) mass is 387 g/mol. The van der Waals surface area contributed by atoms with Crippen LogP contribution in [0.3, 0.4) is 0 Å². The molecule has 0 radical (unpaired) electrons. The number of hydrogen-bond acceptors (Lipinski definition) is 6. The number of likely N-dealkylation sites (tertiary alicyclic amines) is 1. The number of ether oxygens (including phenoxy) is 1. The number of aromatic nitrogens is 2. The Balaban J connectivity index is 1.48. The first-order valence-electron chi connectivity index (χ1n) is 8.89. The number of benzene rings is 1. The van der Waals surface area contributed by atoms with E-state index < -0.39 is 14.6 Å². The van der Waals surface area contributed by atoms with Crippen LogP contribution in [0.15, 0.2) is 42.7 Å². The summed E-state index contributed by atoms with van der Waals surface area (Å²) in [6.07, 6.45) is 3.69. The first kappa shape index (κ1) is 17.9. The molecule has 2 aliphatic rings. The van der Waals surface area contributed by atoms with Crippen molar-refractivity contribution in [1.82, 2.24) is 14.9 Å². The molecule has 1 spiro atoms. The van der Waals surface area contributed by atoms with Gasteiger partial charge in [0.15, 0.2) is 9.84 Å². The topological polar surface area (TPSA) is 89.5 Å². The van der Waals surface area contributed by atoms with Gasteiger partial charge in [-0.2, -0.15) is 0 Å². The molecule has 3 heterocycles. The van der Waals surface area contributed by atoms with Gasteiger partial charge in [0, 0.05) is 37.0 Å². The standard InChI is InChI=1S/C19H21N3O4S/c1-14-4-2-5-15(10-14)17(23)22-12-19(13-22)16(6-9-27(19,24)25)11-26-18-20-7-3-8-21-18/h2-5,7-8,10,16H,6,9,11-13H2,1H3/t16-/m1/s1. The largest absolute Gasteiger partial charge is 0.463 e. The van der Waals surface area contributed by atoms with Crippen molar-refractivity contribution in [3.63, 3.8) is 0 Å². The Morgan fingerprint density at radius 2 is 2.00 bits per heavy atom. The number of rotatable bonds is 4. The normalized spacial score (nSPS) is 22.4. The molecule has 4 rings (SSSR count). The summed E-state index contributed by atoms with van der Waals surface area (Å²) in [4.78, 5) is 22.3. The zero-order valence-corrected chi connectivity index (χ0v) is 15.9. The molecular weight excluding hydrogens is 366 g/mol. The van der Waals surface area contributed by atoms with E-state index in [0.717, 1.165) is 5.56 Å². The maximum Gasteiger partial charge on any atom is 0.316 e. The van der Waals surface area contributed by atoms with Crippen LogP contribution in [0.2, 0.25) is 0 Å². The Bertz CT molecular complexity index is 956. The predicted octanol–water partition coefficient (Wildman–Crippen LogP) is 1.49. The molecular formula is C19H21N3O4S. The second-order valence-electron chi connectivity index (χ2n) is 7.24. The fourth-order valence-corrected chi connectivity index (χ4v) is 6.35. The van der Waals surface area contributed by atoms with E-state index in [1.54, 1.807) is 29.4 Å². The summed E-state index contributed by atoms with van der Waals surface area (Å²) in [6.45, 7) is 2.59. The SMILES string of the molecule is Cc1cccc(C(=O)N2CC3(C2)[C@@H](COc2ncccn2)CCS3(=O)=O)c1. The lowest BCUT2D eigenvalue weighted by molar-refractivity contribution is 0.0403. The van der Waals surface area contributed by atoms with E-state index in [2.05, 4.69) is 9.97 Å². The molecule has 0 bridgehead atoms. The fourth-order valence-electron chi connectivity index (χ4n) is 3.95. The zero-order chi connectivity index (χ0) is 19.1. The van der Waals surface area contributed by atoms with Crippen molar-refractivity contribution in [3.8, 4) is 6.01 Å². The van der Waals surface area contributed by atoms with E-state index in [-0.39, 0.29) is 43.3 Å². The Kier molecular flexibility index (Phi) is 4.38. The molecule has 27 heavy (non-hydrogen) atoms. The van der Waals surface area contributed by atoms with Crippen LogP contribution in [0.1, 0.15) is 22.3 Å². The summed E-state index contributed by atoms with van der Waals surface area (Å²) >= 11 is 0. The van der Waals surface area contributed by atoms with E-state index in [0.29, 0.717) is 12.0 Å². The van der Waals surface area contributed by atoms with Gasteiger partial charge in [-0.1, -0.05) is 17.7 Å². The second kappa shape index (κ2) is 6.60. The van der Waals surface area contributed by atoms with Crippen LogP contribution < -0.4 is 4.74 Å². The highest BCUT2D eigenvalue weighted by Crippen LogP contribution is 2.45. The molecule has 0 aliphatic carbocycles. The van der Waals surface area contributed by atoms with E-state index in [4.69, 9.17) is 4.74 Å². The number of nitrogens with zero attached hydrogens (tertiary/aromatic N) is 3. The number of sulfone groups is 1. The average Bonchev–Trinajstić information content (AvgIpc) is 2.89. The Morgan fingerprint density at radius 1 is 1.26 bits per heavy atom. The number of aryl methyl sites for hydroxylation is 1. The van der Waals surface area contributed by atoms with Gasteiger partial charge in [-0.15, -0.1) is 0 Å². The minimum Gasteiger partial charge on any atom is -0.463 e. The first-order chi connectivity index (χ1) is 12.9. The number of hydrogen-bond donors (Lipinski definition) is 0. The van der Waals surface area contributed by atoms with Crippen molar-refractivity contribution < 1.29 is 17.9 Å². The molecule has 2 saturated heterocycles. The van der Waals surface area contributed by atoms with Crippen molar-refractivity contribution in [2.45, 2.75) is 18.1 Å². The highest BCUT2D eigenvalue weighted by molar-refractivity contribution is 7.93. The van der Waals surface area contributed by atoms with Gasteiger partial charge in [0.2, 0.25) is 0 Å². The van der Waals surface area contributed by atoms with Crippen LogP contribution in [0, 0.1) is 12.8 Å². The summed E-state index contributed by atoms with van der Waals surface area (Å²) in [5.41, 5.74) is 1.59. The minimum absolute atomic E-state index is 0.127. The minimum atomic E-state index is -3.27. The quantitative estimate of drug-likeness (QED) is 0.790. The van der Waals surface area contributed by atoms with Gasteiger partial charge in [-0.25, -0.2) is 18.4 Å². The molecule has 1 amide bonds. The lowest BCUT2D eigenvalue weighted by Gasteiger charge is -2.49. The molecule has 1 atom stereocenters. The highest BCUT2D eigenvalue weighted by atomic mass is 32.2. The second-order valence-corrected chi connectivity index (χ2v) is 9.69. The van der Waals surface area contributed by atoms with Gasteiger partial charge in [0.1, 0.15) is 4.75 Å². The molecule has 0 N–H and O–H groups in total. The third kappa shape index (κ3) is 3.07. The van der Waals surface area contributed by atoms with Gasteiger partial charge in [-0.3, -0.25) is 4.79 Å². The summed E-state index contributed by atoms with van der Waals surface area (Å²) in [7, 11) is -3.27. The van der Waals surface area contributed by atoms with E-state index in [1.165, 1.54) is 0 Å². The van der Waals surface area contributed by atoms with Crippen LogP contribution >= 0.6 is 0 Å². The molecule has 142 valence electrons. The smallest absolute Gasteiger partial charge is 0.316 e. The van der Waals surface area contributed by atoms with Crippen LogP contribution in [0.4, 0.5) is 0 Å². The van der Waals surface area contributed by atoms with Crippen LogP contribution in [-0.2, 0) is 9.84 Å². The number of amides is 1. The Labute approximate surface area is 158 Å². The maximum atomic E-state index is 12.7. The molecule has 0 saturated carbocycles. The first-order valence-corrected chi connectivity index (χ1v) is 10.5. The van der Waals surface area contributed by atoms with Crippen molar-refractivity contribution in [2.24, 2.45) is 5.92 Å². The molecule has 1 aromatic heterocycles. The molecule has 2 aromatic rings. The lowest BCUT2D eigenvalue weighted by Crippen LogP contribution is -2.68. The van der Waals surface area contributed by atoms with Gasteiger partial charge >= 0.3 is 6.01 Å². The summed E-state index contributed by atoms with van der Waals surface area (Å²) in [5.74, 6) is -0.172. The van der Waals surface area contributed by atoms with Crippen molar-refractivity contribution >= 4 is 15.7 Å². The maximum absolute atomic E-state index is 12.7. The van der Waals surface area contributed by atoms with Crippen molar-refractivity contribution in [3.05, 3.63) is 53.9 Å². The van der Waals surface area contributed by atoms with Crippen molar-refractivity contribution in [2.75, 3.05) is 25.4 Å². The van der Waals surface area contributed by atoms with E-state index >= 15 is 0 Å². The molecule has 7 nitrogen and oxygen atoms in total. The van der Waals surface area contributed by atoms with Gasteiger partial charge in [0.05, 0.1) is 12.4 Å². The summed E-state index contributed by atoms with van der Waals surface area (Å²) < 4.78 is 30.1. The third-order valence-corrected chi connectivity index (χ3v) is 8.13. The van der Waals surface area contributed by atoms with Crippen LogP contribution in [0.5, 0.6) is 6.01 Å². The summed E-state index contributed by atoms with van der Waals surface area (Å²) in [5, 5.41) is 0. The molecule has 1 aromatic carbocycles. The third-order valence-electron chi connectivity index (χ3n) is 5.52. The predicted molar refractivity (Wildman–Crippen MR) is 99.2 cm³/mol. The highest BCUT2D eigenvalue weighted by Gasteiger charge is 2.62. The molecule has 8 heteroatoms. The van der Waals surface area contributed by atoms with Crippen LogP contribution in [0.25, 0.3) is 0 Å². The van der Waals surface area contributed by atoms with Gasteiger partial charge < -0.3 is 9.64 Å². The summed E-state index contributed by atoms with van der Waals surface area (Å²) in [6, 6.07) is 9.27. The van der Waals surface area contributed by atoms with E-state index in [1.807, 2.05) is 25.1 Å². The Hall–Kier alpha value is -2.48. The number of carbonyl (C=O) groups excluding carboxylic acids is 1. The van der Waals surface area contributed by atoms with Crippen molar-refractivity contribution in [1.29, 1.82) is 0 Å². The molecule has 2 fully saturated rings.